The molecule has 4 aromatic rings. The Balaban J connectivity index is 1.18. The van der Waals surface area contributed by atoms with E-state index in [1.807, 2.05) is 78.9 Å². The summed E-state index contributed by atoms with van der Waals surface area (Å²) in [4.78, 5) is 25.8. The first-order valence-corrected chi connectivity index (χ1v) is 13.3. The van der Waals surface area contributed by atoms with E-state index in [1.165, 1.54) is 0 Å². The summed E-state index contributed by atoms with van der Waals surface area (Å²) in [5.41, 5.74) is 2.58. The highest BCUT2D eigenvalue weighted by atomic mass is 32.1. The number of rotatable bonds is 6. The molecule has 0 radical (unpaired) electrons. The molecule has 0 spiro atoms. The number of esters is 2. The molecule has 3 aromatic carbocycles. The molecule has 1 saturated heterocycles. The smallest absolute Gasteiger partial charge is 0.338 e. The minimum Gasteiger partial charge on any atom is -0.462 e. The highest BCUT2D eigenvalue weighted by Gasteiger charge is 2.50. The van der Waals surface area contributed by atoms with Gasteiger partial charge in [-0.1, -0.05) is 72.8 Å². The lowest BCUT2D eigenvalue weighted by molar-refractivity contribution is -0.141. The van der Waals surface area contributed by atoms with Crippen LogP contribution in [-0.2, 0) is 14.3 Å². The van der Waals surface area contributed by atoms with Crippen molar-refractivity contribution in [3.63, 3.8) is 0 Å². The molecule has 186 valence electrons. The van der Waals surface area contributed by atoms with Crippen molar-refractivity contribution in [2.45, 2.75) is 31.2 Å². The zero-order valence-electron chi connectivity index (χ0n) is 20.0. The van der Waals surface area contributed by atoms with Gasteiger partial charge < -0.3 is 14.6 Å². The summed E-state index contributed by atoms with van der Waals surface area (Å²) >= 11 is 1.55. The number of ether oxygens (including phenoxy) is 2. The summed E-state index contributed by atoms with van der Waals surface area (Å²) in [5.74, 6) is -0.913. The third-order valence-corrected chi connectivity index (χ3v) is 8.48. The monoisotopic (exact) mass is 510 g/mol. The lowest BCUT2D eigenvalue weighted by Gasteiger charge is -2.20. The first-order valence-electron chi connectivity index (χ1n) is 12.5. The van der Waals surface area contributed by atoms with Gasteiger partial charge >= 0.3 is 11.9 Å². The molecule has 0 amide bonds. The van der Waals surface area contributed by atoms with Gasteiger partial charge in [-0.15, -0.1) is 11.3 Å². The molecule has 1 saturated carbocycles. The first-order chi connectivity index (χ1) is 18.0. The van der Waals surface area contributed by atoms with E-state index in [-0.39, 0.29) is 23.9 Å². The van der Waals surface area contributed by atoms with Crippen molar-refractivity contribution in [3.05, 3.63) is 108 Å². The zero-order valence-corrected chi connectivity index (χ0v) is 20.8. The van der Waals surface area contributed by atoms with Gasteiger partial charge in [0.15, 0.2) is 0 Å². The van der Waals surface area contributed by atoms with Crippen molar-refractivity contribution in [2.75, 3.05) is 0 Å². The van der Waals surface area contributed by atoms with E-state index in [2.05, 4.69) is 0 Å². The van der Waals surface area contributed by atoms with Crippen molar-refractivity contribution in [1.82, 2.24) is 0 Å². The molecule has 1 aliphatic carbocycles. The zero-order chi connectivity index (χ0) is 25.4. The summed E-state index contributed by atoms with van der Waals surface area (Å²) in [7, 11) is 0. The summed E-state index contributed by atoms with van der Waals surface area (Å²) in [6.45, 7) is 0. The number of carbonyl (C=O) groups is 2. The molecule has 2 heterocycles. The van der Waals surface area contributed by atoms with Crippen LogP contribution in [0, 0.1) is 11.8 Å². The van der Waals surface area contributed by atoms with E-state index in [4.69, 9.17) is 9.47 Å². The summed E-state index contributed by atoms with van der Waals surface area (Å²) in [5, 5.41) is 12.0. The Kier molecular flexibility index (Phi) is 6.37. The molecule has 0 unspecified atom stereocenters. The van der Waals surface area contributed by atoms with Crippen LogP contribution >= 0.6 is 11.3 Å². The molecule has 6 rings (SSSR count). The lowest BCUT2D eigenvalue weighted by Crippen LogP contribution is -2.24. The van der Waals surface area contributed by atoms with E-state index in [1.54, 1.807) is 29.5 Å². The van der Waals surface area contributed by atoms with Crippen molar-refractivity contribution >= 4 is 33.4 Å². The highest BCUT2D eigenvalue weighted by Crippen LogP contribution is 2.44. The quantitative estimate of drug-likeness (QED) is 0.242. The molecule has 5 nitrogen and oxygen atoms in total. The van der Waals surface area contributed by atoms with Crippen LogP contribution in [0.2, 0.25) is 0 Å². The number of aliphatic hydroxyl groups excluding tert-OH is 1. The van der Waals surface area contributed by atoms with Gasteiger partial charge in [-0.3, -0.25) is 4.79 Å². The minimum absolute atomic E-state index is 0.0726. The maximum atomic E-state index is 13.0. The maximum Gasteiger partial charge on any atom is 0.338 e. The molecule has 2 aliphatic rings. The topological polar surface area (TPSA) is 72.8 Å². The van der Waals surface area contributed by atoms with Crippen molar-refractivity contribution in [3.8, 4) is 11.1 Å². The Hall–Kier alpha value is -3.74. The molecule has 37 heavy (non-hydrogen) atoms. The lowest BCUT2D eigenvalue weighted by atomic mass is 9.91. The van der Waals surface area contributed by atoms with Crippen LogP contribution in [0.5, 0.6) is 0 Å². The summed E-state index contributed by atoms with van der Waals surface area (Å²) in [6, 6.07) is 27.4. The Bertz CT molecular complexity index is 1420. The number of carbonyl (C=O) groups excluding carboxylic acids is 2. The Morgan fingerprint density at radius 1 is 1.00 bits per heavy atom. The standard InChI is InChI=1S/C31H26O5S/c32-25(29-16-22-8-4-5-9-28(22)37-29)15-14-23-24-17-30(33)35-27(24)18-26(23)36-31(34)21-12-10-20(11-13-21)19-6-2-1-3-7-19/h1-16,23-27,32H,17-18H2/b15-14+/t23-,24-,25-,26-,27+/m1/s1. The molecular formula is C31H26O5S. The summed E-state index contributed by atoms with van der Waals surface area (Å²) < 4.78 is 12.6. The average Bonchev–Trinajstić information content (AvgIpc) is 3.60. The second kappa shape index (κ2) is 9.96. The number of fused-ring (bicyclic) bond motifs is 2. The van der Waals surface area contributed by atoms with Gasteiger partial charge in [-0.2, -0.15) is 0 Å². The maximum absolute atomic E-state index is 13.0. The van der Waals surface area contributed by atoms with E-state index < -0.39 is 18.2 Å². The highest BCUT2D eigenvalue weighted by molar-refractivity contribution is 7.19. The Labute approximate surface area is 219 Å². The molecule has 0 bridgehead atoms. The Morgan fingerprint density at radius 3 is 2.51 bits per heavy atom. The molecule has 2 fully saturated rings. The van der Waals surface area contributed by atoms with E-state index in [9.17, 15) is 14.7 Å². The van der Waals surface area contributed by atoms with Crippen molar-refractivity contribution < 1.29 is 24.2 Å². The van der Waals surface area contributed by atoms with Crippen molar-refractivity contribution in [2.24, 2.45) is 11.8 Å². The summed E-state index contributed by atoms with van der Waals surface area (Å²) in [6.07, 6.45) is 2.90. The molecular weight excluding hydrogens is 484 g/mol. The molecule has 6 heteroatoms. The van der Waals surface area contributed by atoms with Crippen LogP contribution in [0.1, 0.15) is 34.2 Å². The predicted molar refractivity (Wildman–Crippen MR) is 143 cm³/mol. The van der Waals surface area contributed by atoms with Gasteiger partial charge in [0, 0.05) is 27.8 Å². The third-order valence-electron chi connectivity index (χ3n) is 7.29. The number of hydrogen-bond acceptors (Lipinski definition) is 6. The van der Waals surface area contributed by atoms with Gasteiger partial charge in [-0.25, -0.2) is 4.79 Å². The minimum atomic E-state index is -0.781. The second-order valence-corrected chi connectivity index (χ2v) is 10.7. The van der Waals surface area contributed by atoms with Crippen LogP contribution < -0.4 is 0 Å². The number of benzene rings is 3. The number of hydrogen-bond donors (Lipinski definition) is 1. The van der Waals surface area contributed by atoms with Gasteiger partial charge in [0.2, 0.25) is 0 Å². The third kappa shape index (κ3) is 4.82. The number of aliphatic hydroxyl groups is 1. The van der Waals surface area contributed by atoms with Crippen LogP contribution in [0.25, 0.3) is 21.2 Å². The van der Waals surface area contributed by atoms with Crippen LogP contribution in [0.15, 0.2) is 97.1 Å². The predicted octanol–water partition coefficient (Wildman–Crippen LogP) is 6.34. The van der Waals surface area contributed by atoms with Crippen LogP contribution in [0.4, 0.5) is 0 Å². The van der Waals surface area contributed by atoms with Crippen LogP contribution in [0.3, 0.4) is 0 Å². The van der Waals surface area contributed by atoms with Gasteiger partial charge in [-0.05, 0) is 40.8 Å². The fourth-order valence-corrected chi connectivity index (χ4v) is 6.43. The van der Waals surface area contributed by atoms with Crippen LogP contribution in [-0.4, -0.2) is 29.3 Å². The largest absolute Gasteiger partial charge is 0.462 e. The molecule has 1 N–H and O–H groups in total. The number of thiophene rings is 1. The fraction of sp³-hybridized carbons (Fsp3) is 0.226. The Morgan fingerprint density at radius 2 is 1.73 bits per heavy atom. The SMILES string of the molecule is O=C1C[C@@H]2[C@@H](/C=C/[C@@H](O)c3cc4ccccc4s3)[C@H](OC(=O)c3ccc(-c4ccccc4)cc3)C[C@@H]2O1. The molecule has 1 aliphatic heterocycles. The van der Waals surface area contributed by atoms with Crippen molar-refractivity contribution in [1.29, 1.82) is 0 Å². The van der Waals surface area contributed by atoms with Gasteiger partial charge in [0.1, 0.15) is 18.3 Å². The second-order valence-electron chi connectivity index (χ2n) is 9.61. The van der Waals surface area contributed by atoms with Gasteiger partial charge in [0.05, 0.1) is 12.0 Å². The fourth-order valence-electron chi connectivity index (χ4n) is 5.40. The molecule has 1 aromatic heterocycles. The van der Waals surface area contributed by atoms with E-state index >= 15 is 0 Å². The van der Waals surface area contributed by atoms with Gasteiger partial charge in [0.25, 0.3) is 0 Å². The normalized spacial score (nSPS) is 23.8. The molecule has 5 atom stereocenters. The average molecular weight is 511 g/mol. The first kappa shape index (κ1) is 23.6. The van der Waals surface area contributed by atoms with E-state index in [0.717, 1.165) is 26.1 Å². The van der Waals surface area contributed by atoms with E-state index in [0.29, 0.717) is 18.4 Å².